The van der Waals surface area contributed by atoms with Crippen LogP contribution in [0.1, 0.15) is 10.4 Å². The van der Waals surface area contributed by atoms with Crippen LogP contribution in [0.2, 0.25) is 0 Å². The highest BCUT2D eigenvalue weighted by molar-refractivity contribution is 5.99. The molecule has 28 heavy (non-hydrogen) atoms. The lowest BCUT2D eigenvalue weighted by molar-refractivity contribution is -0.387. The SMILES string of the molecule is CNc1ccc([N+](=O)[O-])cc1C(=O)OCC(=O)Nc1ccc(F)c([N+](=O)[O-])c1. The largest absolute Gasteiger partial charge is 0.452 e. The Balaban J connectivity index is 2.06. The molecule has 0 unspecified atom stereocenters. The van der Waals surface area contributed by atoms with Gasteiger partial charge in [0.15, 0.2) is 6.61 Å². The minimum absolute atomic E-state index is 0.0691. The molecule has 0 spiro atoms. The first-order chi connectivity index (χ1) is 13.2. The second-order valence-corrected chi connectivity index (χ2v) is 5.28. The number of hydrogen-bond donors (Lipinski definition) is 2. The van der Waals surface area contributed by atoms with Gasteiger partial charge in [-0.25, -0.2) is 4.79 Å². The Morgan fingerprint density at radius 1 is 1.11 bits per heavy atom. The molecule has 146 valence electrons. The predicted octanol–water partition coefficient (Wildman–Crippen LogP) is 2.48. The number of nitrogens with zero attached hydrogens (tertiary/aromatic N) is 2. The van der Waals surface area contributed by atoms with Gasteiger partial charge in [0.1, 0.15) is 0 Å². The minimum Gasteiger partial charge on any atom is -0.452 e. The first-order valence-corrected chi connectivity index (χ1v) is 7.60. The quantitative estimate of drug-likeness (QED) is 0.414. The average molecular weight is 392 g/mol. The van der Waals surface area contributed by atoms with Gasteiger partial charge < -0.3 is 15.4 Å². The third kappa shape index (κ3) is 4.75. The van der Waals surface area contributed by atoms with E-state index in [2.05, 4.69) is 10.6 Å². The maximum atomic E-state index is 13.3. The number of amides is 1. The molecule has 0 bridgehead atoms. The van der Waals surface area contributed by atoms with Crippen molar-refractivity contribution in [1.29, 1.82) is 0 Å². The van der Waals surface area contributed by atoms with Crippen LogP contribution in [-0.2, 0) is 9.53 Å². The Morgan fingerprint density at radius 2 is 1.82 bits per heavy atom. The monoisotopic (exact) mass is 392 g/mol. The van der Waals surface area contributed by atoms with E-state index in [1.54, 1.807) is 0 Å². The Labute approximate surface area is 156 Å². The molecule has 0 saturated carbocycles. The van der Waals surface area contributed by atoms with Gasteiger partial charge >= 0.3 is 11.7 Å². The fourth-order valence-electron chi connectivity index (χ4n) is 2.17. The zero-order chi connectivity index (χ0) is 20.8. The van der Waals surface area contributed by atoms with Crippen LogP contribution in [0, 0.1) is 26.0 Å². The zero-order valence-electron chi connectivity index (χ0n) is 14.3. The number of non-ortho nitro benzene ring substituents is 1. The normalized spacial score (nSPS) is 10.1. The van der Waals surface area contributed by atoms with Crippen LogP contribution >= 0.6 is 0 Å². The molecule has 2 N–H and O–H groups in total. The van der Waals surface area contributed by atoms with Crippen LogP contribution in [-0.4, -0.2) is 35.4 Å². The van der Waals surface area contributed by atoms with Gasteiger partial charge in [-0.15, -0.1) is 0 Å². The van der Waals surface area contributed by atoms with Crippen molar-refractivity contribution in [2.24, 2.45) is 0 Å². The van der Waals surface area contributed by atoms with Gasteiger partial charge in [-0.3, -0.25) is 25.0 Å². The molecular weight excluding hydrogens is 379 g/mol. The fraction of sp³-hybridized carbons (Fsp3) is 0.125. The number of halogens is 1. The van der Waals surface area contributed by atoms with E-state index in [1.807, 2.05) is 0 Å². The minimum atomic E-state index is -1.07. The molecule has 0 atom stereocenters. The number of esters is 1. The Morgan fingerprint density at radius 3 is 2.43 bits per heavy atom. The Bertz CT molecular complexity index is 964. The summed E-state index contributed by atoms with van der Waals surface area (Å²) >= 11 is 0. The Hall–Kier alpha value is -4.09. The van der Waals surface area contributed by atoms with Crippen molar-refractivity contribution in [2.75, 3.05) is 24.3 Å². The maximum absolute atomic E-state index is 13.3. The molecule has 0 saturated heterocycles. The third-order valence-corrected chi connectivity index (χ3v) is 3.46. The maximum Gasteiger partial charge on any atom is 0.341 e. The van der Waals surface area contributed by atoms with Crippen LogP contribution in [0.5, 0.6) is 0 Å². The summed E-state index contributed by atoms with van der Waals surface area (Å²) in [6.45, 7) is -0.768. The Kier molecular flexibility index (Phi) is 6.16. The number of nitro benzene ring substituents is 2. The van der Waals surface area contributed by atoms with Crippen LogP contribution in [0.25, 0.3) is 0 Å². The highest BCUT2D eigenvalue weighted by Crippen LogP contribution is 2.23. The predicted molar refractivity (Wildman–Crippen MR) is 94.6 cm³/mol. The van der Waals surface area contributed by atoms with Gasteiger partial charge in [0.2, 0.25) is 5.82 Å². The van der Waals surface area contributed by atoms with E-state index in [1.165, 1.54) is 19.2 Å². The van der Waals surface area contributed by atoms with Gasteiger partial charge in [-0.2, -0.15) is 4.39 Å². The van der Waals surface area contributed by atoms with Gasteiger partial charge in [0.05, 0.1) is 15.4 Å². The molecule has 0 fully saturated rings. The summed E-state index contributed by atoms with van der Waals surface area (Å²) in [4.78, 5) is 43.9. The number of rotatable bonds is 7. The molecule has 0 heterocycles. The smallest absolute Gasteiger partial charge is 0.341 e. The topological polar surface area (TPSA) is 154 Å². The lowest BCUT2D eigenvalue weighted by Crippen LogP contribution is -2.21. The van der Waals surface area contributed by atoms with Crippen molar-refractivity contribution in [2.45, 2.75) is 0 Å². The molecule has 0 aliphatic rings. The highest BCUT2D eigenvalue weighted by Gasteiger charge is 2.19. The number of anilines is 2. The molecule has 12 heteroatoms. The molecule has 2 rings (SSSR count). The molecule has 0 aliphatic heterocycles. The second-order valence-electron chi connectivity index (χ2n) is 5.28. The third-order valence-electron chi connectivity index (χ3n) is 3.46. The summed E-state index contributed by atoms with van der Waals surface area (Å²) in [6.07, 6.45) is 0. The highest BCUT2D eigenvalue weighted by atomic mass is 19.1. The lowest BCUT2D eigenvalue weighted by Gasteiger charge is -2.10. The lowest BCUT2D eigenvalue weighted by atomic mass is 10.1. The average Bonchev–Trinajstić information content (AvgIpc) is 2.66. The number of hydrogen-bond acceptors (Lipinski definition) is 8. The van der Waals surface area contributed by atoms with Crippen LogP contribution < -0.4 is 10.6 Å². The van der Waals surface area contributed by atoms with Crippen molar-refractivity contribution in [3.63, 3.8) is 0 Å². The van der Waals surface area contributed by atoms with Crippen LogP contribution in [0.4, 0.5) is 27.1 Å². The van der Waals surface area contributed by atoms with Crippen LogP contribution in [0.15, 0.2) is 36.4 Å². The molecular formula is C16H13FN4O7. The molecule has 0 radical (unpaired) electrons. The molecule has 0 aromatic heterocycles. The molecule has 0 aliphatic carbocycles. The number of ether oxygens (including phenoxy) is 1. The van der Waals surface area contributed by atoms with E-state index in [4.69, 9.17) is 4.74 Å². The van der Waals surface area contributed by atoms with Crippen molar-refractivity contribution in [1.82, 2.24) is 0 Å². The number of nitrogens with one attached hydrogen (secondary N) is 2. The van der Waals surface area contributed by atoms with Crippen molar-refractivity contribution in [3.8, 4) is 0 Å². The molecule has 1 amide bonds. The van der Waals surface area contributed by atoms with E-state index in [0.717, 1.165) is 24.3 Å². The summed E-state index contributed by atoms with van der Waals surface area (Å²) < 4.78 is 18.1. The van der Waals surface area contributed by atoms with Crippen molar-refractivity contribution < 1.29 is 28.6 Å². The van der Waals surface area contributed by atoms with Crippen LogP contribution in [0.3, 0.4) is 0 Å². The number of carbonyl (C=O) groups is 2. The second kappa shape index (κ2) is 8.53. The van der Waals surface area contributed by atoms with Crippen molar-refractivity contribution >= 4 is 34.6 Å². The molecule has 2 aromatic carbocycles. The number of benzene rings is 2. The van der Waals surface area contributed by atoms with Gasteiger partial charge in [0.25, 0.3) is 11.6 Å². The zero-order valence-corrected chi connectivity index (χ0v) is 14.3. The van der Waals surface area contributed by atoms with Gasteiger partial charge in [-0.05, 0) is 18.2 Å². The van der Waals surface area contributed by atoms with E-state index >= 15 is 0 Å². The molecule has 2 aromatic rings. The molecule has 11 nitrogen and oxygen atoms in total. The summed E-state index contributed by atoms with van der Waals surface area (Å²) in [6, 6.07) is 6.22. The summed E-state index contributed by atoms with van der Waals surface area (Å²) in [5.41, 5.74) is -1.13. The summed E-state index contributed by atoms with van der Waals surface area (Å²) in [5, 5.41) is 26.4. The van der Waals surface area contributed by atoms with E-state index in [0.29, 0.717) is 0 Å². The van der Waals surface area contributed by atoms with Gasteiger partial charge in [-0.1, -0.05) is 0 Å². The summed E-state index contributed by atoms with van der Waals surface area (Å²) in [7, 11) is 1.49. The number of carbonyl (C=O) groups excluding carboxylic acids is 2. The van der Waals surface area contributed by atoms with Crippen molar-refractivity contribution in [3.05, 3.63) is 68.0 Å². The van der Waals surface area contributed by atoms with E-state index in [-0.39, 0.29) is 22.6 Å². The van der Waals surface area contributed by atoms with Gasteiger partial charge in [0, 0.05) is 36.6 Å². The van der Waals surface area contributed by atoms with E-state index < -0.39 is 39.8 Å². The van der Waals surface area contributed by atoms with E-state index in [9.17, 15) is 34.2 Å². The number of nitro groups is 2. The first kappa shape index (κ1) is 20.2. The fourth-order valence-corrected chi connectivity index (χ4v) is 2.17. The first-order valence-electron chi connectivity index (χ1n) is 7.60. The standard InChI is InChI=1S/C16H13FN4O7/c1-18-13-5-3-10(20(24)25)7-11(13)16(23)28-8-15(22)19-9-2-4-12(17)14(6-9)21(26)27/h2-7,18H,8H2,1H3,(H,19,22). The summed E-state index contributed by atoms with van der Waals surface area (Å²) in [5.74, 6) is -2.90.